The lowest BCUT2D eigenvalue weighted by molar-refractivity contribution is 0.302. The molecule has 4 aromatic rings. The zero-order valence-corrected chi connectivity index (χ0v) is 18.5. The van der Waals surface area contributed by atoms with Crippen molar-refractivity contribution in [2.45, 2.75) is 19.7 Å². The summed E-state index contributed by atoms with van der Waals surface area (Å²) >= 11 is 16.0. The third-order valence-corrected chi connectivity index (χ3v) is 5.70. The molecule has 0 saturated heterocycles. The van der Waals surface area contributed by atoms with Crippen LogP contribution in [0.3, 0.4) is 0 Å². The number of para-hydroxylation sites is 2. The van der Waals surface area contributed by atoms with E-state index in [1.165, 1.54) is 0 Å². The second kappa shape index (κ2) is 9.18. The third kappa shape index (κ3) is 4.93. The summed E-state index contributed by atoms with van der Waals surface area (Å²) in [6, 6.07) is 19.4. The van der Waals surface area contributed by atoms with Gasteiger partial charge in [-0.2, -0.15) is 0 Å². The SMILES string of the molecule is Clc1cccc(Cl)c1COc1ccc(Br)cc1CNCc1nc2ccccc2[nH]1. The molecule has 0 bridgehead atoms. The van der Waals surface area contributed by atoms with E-state index < -0.39 is 0 Å². The van der Waals surface area contributed by atoms with Gasteiger partial charge in [0.15, 0.2) is 0 Å². The van der Waals surface area contributed by atoms with E-state index in [4.69, 9.17) is 27.9 Å². The molecule has 2 N–H and O–H groups in total. The molecule has 0 aliphatic rings. The van der Waals surface area contributed by atoms with Gasteiger partial charge in [0, 0.05) is 32.2 Å². The van der Waals surface area contributed by atoms with Gasteiger partial charge in [0.25, 0.3) is 0 Å². The van der Waals surface area contributed by atoms with E-state index in [0.717, 1.165) is 38.2 Å². The van der Waals surface area contributed by atoms with Gasteiger partial charge in [-0.3, -0.25) is 0 Å². The maximum Gasteiger partial charge on any atom is 0.124 e. The van der Waals surface area contributed by atoms with Crippen LogP contribution in [-0.2, 0) is 19.7 Å². The van der Waals surface area contributed by atoms with Gasteiger partial charge in [0.05, 0.1) is 17.6 Å². The fourth-order valence-electron chi connectivity index (χ4n) is 3.05. The number of ether oxygens (including phenoxy) is 1. The topological polar surface area (TPSA) is 49.9 Å². The number of hydrogen-bond acceptors (Lipinski definition) is 3. The van der Waals surface area contributed by atoms with Gasteiger partial charge in [0.2, 0.25) is 0 Å². The Morgan fingerprint density at radius 2 is 1.76 bits per heavy atom. The lowest BCUT2D eigenvalue weighted by atomic mass is 10.2. The van der Waals surface area contributed by atoms with Crippen LogP contribution in [-0.4, -0.2) is 9.97 Å². The van der Waals surface area contributed by atoms with Gasteiger partial charge >= 0.3 is 0 Å². The van der Waals surface area contributed by atoms with E-state index in [1.54, 1.807) is 0 Å². The van der Waals surface area contributed by atoms with Crippen LogP contribution in [0.2, 0.25) is 10.0 Å². The molecule has 4 rings (SSSR count). The lowest BCUT2D eigenvalue weighted by Crippen LogP contribution is -2.14. The Labute approximate surface area is 187 Å². The van der Waals surface area contributed by atoms with Crippen LogP contribution in [0.25, 0.3) is 11.0 Å². The highest BCUT2D eigenvalue weighted by atomic mass is 79.9. The zero-order valence-electron chi connectivity index (χ0n) is 15.4. The van der Waals surface area contributed by atoms with Gasteiger partial charge in [0.1, 0.15) is 18.2 Å². The minimum Gasteiger partial charge on any atom is -0.488 e. The van der Waals surface area contributed by atoms with Crippen molar-refractivity contribution in [1.82, 2.24) is 15.3 Å². The van der Waals surface area contributed by atoms with Crippen molar-refractivity contribution in [3.63, 3.8) is 0 Å². The van der Waals surface area contributed by atoms with Gasteiger partial charge in [-0.25, -0.2) is 4.98 Å². The predicted molar refractivity (Wildman–Crippen MR) is 122 cm³/mol. The van der Waals surface area contributed by atoms with Crippen molar-refractivity contribution < 1.29 is 4.74 Å². The molecule has 148 valence electrons. The van der Waals surface area contributed by atoms with E-state index in [-0.39, 0.29) is 0 Å². The summed E-state index contributed by atoms with van der Waals surface area (Å²) in [5.74, 6) is 1.67. The van der Waals surface area contributed by atoms with E-state index in [9.17, 15) is 0 Å². The first-order valence-corrected chi connectivity index (χ1v) is 10.6. The fraction of sp³-hybridized carbons (Fsp3) is 0.136. The number of nitrogens with zero attached hydrogens (tertiary/aromatic N) is 1. The molecule has 0 saturated carbocycles. The molecule has 0 amide bonds. The Bertz CT molecular complexity index is 1090. The van der Waals surface area contributed by atoms with Crippen LogP contribution >= 0.6 is 39.1 Å². The largest absolute Gasteiger partial charge is 0.488 e. The summed E-state index contributed by atoms with van der Waals surface area (Å²) in [4.78, 5) is 7.91. The van der Waals surface area contributed by atoms with Crippen molar-refractivity contribution in [3.8, 4) is 5.75 Å². The average Bonchev–Trinajstić information content (AvgIpc) is 3.12. The highest BCUT2D eigenvalue weighted by Crippen LogP contribution is 2.28. The normalized spacial score (nSPS) is 11.1. The number of aromatic nitrogens is 2. The molecular formula is C22H18BrCl2N3O. The van der Waals surface area contributed by atoms with E-state index in [0.29, 0.717) is 29.7 Å². The Kier molecular flexibility index (Phi) is 6.40. The summed E-state index contributed by atoms with van der Waals surface area (Å²) in [6.45, 7) is 1.55. The molecule has 1 aromatic heterocycles. The van der Waals surface area contributed by atoms with Crippen LogP contribution in [0.5, 0.6) is 5.75 Å². The van der Waals surface area contributed by atoms with E-state index in [1.807, 2.05) is 60.7 Å². The zero-order chi connectivity index (χ0) is 20.2. The molecule has 0 aliphatic carbocycles. The van der Waals surface area contributed by atoms with Gasteiger partial charge in [-0.05, 0) is 42.5 Å². The maximum absolute atomic E-state index is 6.25. The fourth-order valence-corrected chi connectivity index (χ4v) is 3.97. The molecule has 0 aliphatic heterocycles. The smallest absolute Gasteiger partial charge is 0.124 e. The molecule has 0 fully saturated rings. The van der Waals surface area contributed by atoms with Crippen LogP contribution in [0.15, 0.2) is 65.1 Å². The van der Waals surface area contributed by atoms with Crippen molar-refractivity contribution >= 4 is 50.2 Å². The van der Waals surface area contributed by atoms with Crippen LogP contribution < -0.4 is 10.1 Å². The number of nitrogens with one attached hydrogen (secondary N) is 2. The second-order valence-electron chi connectivity index (χ2n) is 6.55. The molecule has 7 heteroatoms. The highest BCUT2D eigenvalue weighted by Gasteiger charge is 2.10. The number of aromatic amines is 1. The first kappa shape index (κ1) is 20.2. The second-order valence-corrected chi connectivity index (χ2v) is 8.28. The Morgan fingerprint density at radius 1 is 0.966 bits per heavy atom. The first-order chi connectivity index (χ1) is 14.1. The first-order valence-electron chi connectivity index (χ1n) is 9.08. The minimum absolute atomic E-state index is 0.302. The predicted octanol–water partition coefficient (Wildman–Crippen LogP) is 6.50. The van der Waals surface area contributed by atoms with Gasteiger partial charge < -0.3 is 15.0 Å². The van der Waals surface area contributed by atoms with Crippen molar-refractivity contribution in [2.75, 3.05) is 0 Å². The van der Waals surface area contributed by atoms with Crippen LogP contribution in [0.4, 0.5) is 0 Å². The van der Waals surface area contributed by atoms with Crippen molar-refractivity contribution in [1.29, 1.82) is 0 Å². The summed E-state index contributed by atoms with van der Waals surface area (Å²) < 4.78 is 7.02. The summed E-state index contributed by atoms with van der Waals surface area (Å²) in [5.41, 5.74) is 3.80. The monoisotopic (exact) mass is 489 g/mol. The Balaban J connectivity index is 1.43. The molecular weight excluding hydrogens is 473 g/mol. The molecule has 4 nitrogen and oxygen atoms in total. The molecule has 3 aromatic carbocycles. The number of halogens is 3. The third-order valence-electron chi connectivity index (χ3n) is 4.50. The standard InChI is InChI=1S/C22H18BrCl2N3O/c23-15-8-9-21(29-13-16-17(24)4-3-5-18(16)25)14(10-15)11-26-12-22-27-19-6-1-2-7-20(19)28-22/h1-10,26H,11-13H2,(H,27,28). The lowest BCUT2D eigenvalue weighted by Gasteiger charge is -2.14. The Morgan fingerprint density at radius 3 is 2.55 bits per heavy atom. The number of hydrogen-bond donors (Lipinski definition) is 2. The summed E-state index contributed by atoms with van der Waals surface area (Å²) in [6.07, 6.45) is 0. The van der Waals surface area contributed by atoms with Crippen LogP contribution in [0, 0.1) is 0 Å². The highest BCUT2D eigenvalue weighted by molar-refractivity contribution is 9.10. The van der Waals surface area contributed by atoms with E-state index >= 15 is 0 Å². The summed E-state index contributed by atoms with van der Waals surface area (Å²) in [5, 5.41) is 4.61. The number of H-pyrrole nitrogens is 1. The number of benzene rings is 3. The van der Waals surface area contributed by atoms with Crippen molar-refractivity contribution in [2.24, 2.45) is 0 Å². The van der Waals surface area contributed by atoms with Crippen molar-refractivity contribution in [3.05, 3.63) is 92.1 Å². The number of rotatable bonds is 7. The van der Waals surface area contributed by atoms with Crippen LogP contribution in [0.1, 0.15) is 17.0 Å². The summed E-state index contributed by atoms with van der Waals surface area (Å²) in [7, 11) is 0. The molecule has 1 heterocycles. The molecule has 0 atom stereocenters. The maximum atomic E-state index is 6.25. The van der Waals surface area contributed by atoms with Gasteiger partial charge in [-0.1, -0.05) is 57.3 Å². The number of imidazole rings is 1. The molecule has 0 spiro atoms. The molecule has 29 heavy (non-hydrogen) atoms. The Hall–Kier alpha value is -2.05. The van der Waals surface area contributed by atoms with Gasteiger partial charge in [-0.15, -0.1) is 0 Å². The number of fused-ring (bicyclic) bond motifs is 1. The molecule has 0 radical (unpaired) electrons. The molecule has 0 unspecified atom stereocenters. The average molecular weight is 491 g/mol. The minimum atomic E-state index is 0.302. The quantitative estimate of drug-likeness (QED) is 0.310. The van der Waals surface area contributed by atoms with E-state index in [2.05, 4.69) is 31.2 Å².